The summed E-state index contributed by atoms with van der Waals surface area (Å²) < 4.78 is 2.01. The number of hydrogen-bond acceptors (Lipinski definition) is 5. The molecular weight excluding hydrogens is 396 g/mol. The number of benzene rings is 1. The van der Waals surface area contributed by atoms with Crippen LogP contribution in [0.1, 0.15) is 25.7 Å². The Morgan fingerprint density at radius 3 is 2.41 bits per heavy atom. The van der Waals surface area contributed by atoms with E-state index in [4.69, 9.17) is 10.1 Å². The van der Waals surface area contributed by atoms with Crippen molar-refractivity contribution in [2.45, 2.75) is 25.7 Å². The summed E-state index contributed by atoms with van der Waals surface area (Å²) in [6.07, 6.45) is 8.78. The van der Waals surface area contributed by atoms with Crippen LogP contribution in [-0.2, 0) is 0 Å². The number of piperidine rings is 2. The van der Waals surface area contributed by atoms with E-state index in [1.165, 1.54) is 38.8 Å². The fraction of sp³-hybridized carbons (Fsp3) is 0.346. The molecule has 3 aromatic heterocycles. The van der Waals surface area contributed by atoms with Crippen molar-refractivity contribution in [2.24, 2.45) is 5.41 Å². The Morgan fingerprint density at radius 1 is 0.844 bits per heavy atom. The Hall–Kier alpha value is -3.25. The van der Waals surface area contributed by atoms with Crippen LogP contribution in [0.5, 0.6) is 0 Å². The highest BCUT2D eigenvalue weighted by Gasteiger charge is 2.36. The second-order valence-corrected chi connectivity index (χ2v) is 9.14. The summed E-state index contributed by atoms with van der Waals surface area (Å²) in [5.74, 6) is 1.03. The van der Waals surface area contributed by atoms with Crippen molar-refractivity contribution in [3.63, 3.8) is 0 Å². The number of aromatic nitrogens is 4. The first-order valence-corrected chi connectivity index (χ1v) is 11.6. The van der Waals surface area contributed by atoms with Crippen LogP contribution in [0.3, 0.4) is 0 Å². The van der Waals surface area contributed by atoms with E-state index in [-0.39, 0.29) is 0 Å². The molecule has 1 spiro atoms. The third kappa shape index (κ3) is 3.45. The van der Waals surface area contributed by atoms with Gasteiger partial charge in [0.1, 0.15) is 11.5 Å². The molecule has 6 rings (SSSR count). The van der Waals surface area contributed by atoms with Crippen LogP contribution >= 0.6 is 0 Å². The quantitative estimate of drug-likeness (QED) is 0.527. The number of pyridine rings is 1. The van der Waals surface area contributed by atoms with Gasteiger partial charge in [0.25, 0.3) is 0 Å². The van der Waals surface area contributed by atoms with Gasteiger partial charge in [0.05, 0.1) is 5.69 Å². The zero-order valence-electron chi connectivity index (χ0n) is 18.2. The van der Waals surface area contributed by atoms with Gasteiger partial charge >= 0.3 is 0 Å². The van der Waals surface area contributed by atoms with Crippen LogP contribution in [0, 0.1) is 5.41 Å². The molecule has 2 saturated heterocycles. The van der Waals surface area contributed by atoms with Crippen molar-refractivity contribution in [3.05, 3.63) is 67.0 Å². The van der Waals surface area contributed by atoms with Crippen LogP contribution in [0.15, 0.2) is 67.0 Å². The first-order valence-electron chi connectivity index (χ1n) is 11.6. The van der Waals surface area contributed by atoms with Crippen molar-refractivity contribution in [3.8, 4) is 22.5 Å². The molecule has 2 aliphatic heterocycles. The van der Waals surface area contributed by atoms with E-state index >= 15 is 0 Å². The predicted octanol–water partition coefficient (Wildman–Crippen LogP) is 4.43. The molecule has 2 aliphatic rings. The van der Waals surface area contributed by atoms with Gasteiger partial charge in [-0.1, -0.05) is 30.3 Å². The van der Waals surface area contributed by atoms with Gasteiger partial charge in [-0.2, -0.15) is 0 Å². The molecular formula is C26H28N6. The van der Waals surface area contributed by atoms with Crippen LogP contribution in [0.4, 0.5) is 5.82 Å². The summed E-state index contributed by atoms with van der Waals surface area (Å²) in [6, 6.07) is 18.7. The second kappa shape index (κ2) is 8.02. The number of rotatable bonds is 3. The van der Waals surface area contributed by atoms with E-state index < -0.39 is 0 Å². The third-order valence-corrected chi connectivity index (χ3v) is 7.17. The van der Waals surface area contributed by atoms with Gasteiger partial charge in [0.2, 0.25) is 0 Å². The molecule has 1 aromatic carbocycles. The highest BCUT2D eigenvalue weighted by molar-refractivity contribution is 5.81. The van der Waals surface area contributed by atoms with Crippen LogP contribution in [-0.4, -0.2) is 45.8 Å². The Morgan fingerprint density at radius 2 is 1.66 bits per heavy atom. The summed E-state index contributed by atoms with van der Waals surface area (Å²) >= 11 is 0. The van der Waals surface area contributed by atoms with Gasteiger partial charge in [-0.05, 0) is 61.9 Å². The normalized spacial score (nSPS) is 18.3. The minimum atomic E-state index is 0.483. The average molecular weight is 425 g/mol. The van der Waals surface area contributed by atoms with Crippen LogP contribution in [0.25, 0.3) is 28.2 Å². The summed E-state index contributed by atoms with van der Waals surface area (Å²) in [5, 5.41) is 8.72. The van der Waals surface area contributed by atoms with Gasteiger partial charge in [0.15, 0.2) is 5.65 Å². The zero-order chi connectivity index (χ0) is 21.4. The summed E-state index contributed by atoms with van der Waals surface area (Å²) in [6.45, 7) is 4.46. The number of fused-ring (bicyclic) bond motifs is 1. The molecule has 0 saturated carbocycles. The maximum absolute atomic E-state index is 5.10. The lowest BCUT2D eigenvalue weighted by atomic mass is 9.73. The molecule has 4 aromatic rings. The van der Waals surface area contributed by atoms with Crippen molar-refractivity contribution >= 4 is 11.5 Å². The number of nitrogens with one attached hydrogen (secondary N) is 1. The molecule has 0 atom stereocenters. The van der Waals surface area contributed by atoms with Gasteiger partial charge in [0, 0.05) is 43.2 Å². The highest BCUT2D eigenvalue weighted by Crippen LogP contribution is 2.38. The topological polar surface area (TPSA) is 58.4 Å². The van der Waals surface area contributed by atoms with Crippen LogP contribution < -0.4 is 10.2 Å². The molecule has 0 unspecified atom stereocenters. The molecule has 32 heavy (non-hydrogen) atoms. The van der Waals surface area contributed by atoms with E-state index in [2.05, 4.69) is 51.6 Å². The summed E-state index contributed by atoms with van der Waals surface area (Å²) in [4.78, 5) is 11.6. The largest absolute Gasteiger partial charge is 0.355 e. The molecule has 0 amide bonds. The maximum atomic E-state index is 5.10. The number of hydrogen-bond donors (Lipinski definition) is 1. The molecule has 0 radical (unpaired) electrons. The highest BCUT2D eigenvalue weighted by atomic mass is 15.3. The fourth-order valence-corrected chi connectivity index (χ4v) is 5.33. The monoisotopic (exact) mass is 424 g/mol. The Balaban J connectivity index is 1.39. The van der Waals surface area contributed by atoms with Crippen molar-refractivity contribution in [2.75, 3.05) is 31.1 Å². The lowest BCUT2D eigenvalue weighted by Crippen LogP contribution is -2.48. The molecule has 6 heteroatoms. The minimum absolute atomic E-state index is 0.483. The zero-order valence-corrected chi connectivity index (χ0v) is 18.2. The van der Waals surface area contributed by atoms with E-state index in [9.17, 15) is 0 Å². The smallest absolute Gasteiger partial charge is 0.155 e. The van der Waals surface area contributed by atoms with Gasteiger partial charge in [-0.25, -0.2) is 9.50 Å². The third-order valence-electron chi connectivity index (χ3n) is 7.17. The molecule has 162 valence electrons. The molecule has 0 aliphatic carbocycles. The molecule has 6 nitrogen and oxygen atoms in total. The van der Waals surface area contributed by atoms with Gasteiger partial charge in [-0.3, -0.25) is 4.98 Å². The molecule has 0 bridgehead atoms. The summed E-state index contributed by atoms with van der Waals surface area (Å²) in [7, 11) is 0. The first-order chi connectivity index (χ1) is 15.8. The van der Waals surface area contributed by atoms with E-state index in [1.807, 2.05) is 35.1 Å². The van der Waals surface area contributed by atoms with E-state index in [0.29, 0.717) is 5.41 Å². The Labute approximate surface area is 188 Å². The van der Waals surface area contributed by atoms with Crippen molar-refractivity contribution < 1.29 is 0 Å². The van der Waals surface area contributed by atoms with E-state index in [0.717, 1.165) is 47.1 Å². The van der Waals surface area contributed by atoms with Crippen molar-refractivity contribution in [1.29, 1.82) is 0 Å². The number of imidazole rings is 1. The lowest BCUT2D eigenvalue weighted by molar-refractivity contribution is 0.161. The Bertz CT molecular complexity index is 1200. The maximum Gasteiger partial charge on any atom is 0.155 e. The molecule has 1 N–H and O–H groups in total. The van der Waals surface area contributed by atoms with E-state index in [1.54, 1.807) is 0 Å². The standard InChI is InChI=1S/C26H28N6/c1-2-5-20(6-3-1)24-25(21-9-15-27-16-10-21)32-22(29-24)7-8-23(30-32)31-17-12-26(13-18-31)11-4-14-28-19-26/h1-3,5-10,15-16,28H,4,11-14,17-19H2. The molecule has 2 fully saturated rings. The minimum Gasteiger partial charge on any atom is -0.355 e. The predicted molar refractivity (Wildman–Crippen MR) is 128 cm³/mol. The summed E-state index contributed by atoms with van der Waals surface area (Å²) in [5.41, 5.74) is 5.48. The first kappa shape index (κ1) is 19.4. The average Bonchev–Trinajstić information content (AvgIpc) is 3.25. The lowest BCUT2D eigenvalue weighted by Gasteiger charge is -2.44. The SMILES string of the molecule is c1ccc(-c2nc3ccc(N4CCC5(CCCNC5)CC4)nn3c2-c2ccncc2)cc1. The number of anilines is 1. The van der Waals surface area contributed by atoms with Gasteiger partial charge in [-0.15, -0.1) is 5.10 Å². The number of nitrogens with zero attached hydrogens (tertiary/aromatic N) is 5. The molecule has 5 heterocycles. The fourth-order valence-electron chi connectivity index (χ4n) is 5.33. The van der Waals surface area contributed by atoms with Crippen molar-refractivity contribution in [1.82, 2.24) is 24.9 Å². The second-order valence-electron chi connectivity index (χ2n) is 9.14. The van der Waals surface area contributed by atoms with Crippen LogP contribution in [0.2, 0.25) is 0 Å². The van der Waals surface area contributed by atoms with Gasteiger partial charge < -0.3 is 10.2 Å². The Kier molecular flexibility index (Phi) is 4.87.